The number of aliphatic hydroxyl groups excluding tert-OH is 1. The van der Waals surface area contributed by atoms with Crippen molar-refractivity contribution in [2.45, 2.75) is 96.0 Å². The molecule has 0 spiro atoms. The highest BCUT2D eigenvalue weighted by atomic mass is 16.5. The largest absolute Gasteiger partial charge is 0.463 e. The molecule has 4 nitrogen and oxygen atoms in total. The Morgan fingerprint density at radius 3 is 2.11 bits per heavy atom. The van der Waals surface area contributed by atoms with Gasteiger partial charge in [0.2, 0.25) is 0 Å². The number of ether oxygens (including phenoxy) is 1. The zero-order valence-corrected chi connectivity index (χ0v) is 18.8. The molecule has 164 valence electrons. The summed E-state index contributed by atoms with van der Waals surface area (Å²) in [6.45, 7) is 0.705. The molecule has 0 amide bonds. The van der Waals surface area contributed by atoms with Gasteiger partial charge in [-0.2, -0.15) is 0 Å². The van der Waals surface area contributed by atoms with E-state index in [-0.39, 0.29) is 12.6 Å². The summed E-state index contributed by atoms with van der Waals surface area (Å²) >= 11 is 0. The van der Waals surface area contributed by atoms with E-state index in [2.05, 4.69) is 12.2 Å². The number of hydrogen-bond acceptors (Lipinski definition) is 3. The van der Waals surface area contributed by atoms with Gasteiger partial charge in [-0.1, -0.05) is 69.9 Å². The van der Waals surface area contributed by atoms with E-state index in [0.717, 1.165) is 18.8 Å². The number of hydrogen-bond donors (Lipinski definition) is 1. The van der Waals surface area contributed by atoms with E-state index in [9.17, 15) is 9.90 Å². The van der Waals surface area contributed by atoms with Crippen LogP contribution < -0.4 is 0 Å². The minimum atomic E-state index is -0.580. The van der Waals surface area contributed by atoms with Gasteiger partial charge in [-0.3, -0.25) is 4.79 Å². The van der Waals surface area contributed by atoms with Gasteiger partial charge in [0.1, 0.15) is 19.3 Å². The Labute approximate surface area is 173 Å². The normalized spacial score (nSPS) is 17.8. The van der Waals surface area contributed by atoms with Crippen LogP contribution in [0.25, 0.3) is 0 Å². The topological polar surface area (TPSA) is 46.5 Å². The van der Waals surface area contributed by atoms with Crippen LogP contribution in [-0.2, 0) is 9.53 Å². The fourth-order valence-corrected chi connectivity index (χ4v) is 3.97. The molecule has 1 aliphatic rings. The van der Waals surface area contributed by atoms with Crippen LogP contribution in [0.5, 0.6) is 0 Å². The molecule has 4 heteroatoms. The van der Waals surface area contributed by atoms with Gasteiger partial charge in [0.25, 0.3) is 0 Å². The molecule has 28 heavy (non-hydrogen) atoms. The number of carbonyl (C=O) groups excluding carboxylic acids is 1. The highest BCUT2D eigenvalue weighted by Gasteiger charge is 2.17. The second-order valence-electron chi connectivity index (χ2n) is 9.65. The van der Waals surface area contributed by atoms with Gasteiger partial charge in [-0.25, -0.2) is 0 Å². The van der Waals surface area contributed by atoms with Crippen LogP contribution >= 0.6 is 0 Å². The third-order valence-electron chi connectivity index (χ3n) is 5.51. The first-order valence-corrected chi connectivity index (χ1v) is 11.7. The number of nitrogens with zero attached hydrogens (tertiary/aromatic N) is 1. The van der Waals surface area contributed by atoms with E-state index in [4.69, 9.17) is 4.74 Å². The predicted octanol–water partition coefficient (Wildman–Crippen LogP) is 5.24. The average Bonchev–Trinajstić information content (AvgIpc) is 3.13. The van der Waals surface area contributed by atoms with Crippen molar-refractivity contribution in [2.75, 3.05) is 34.3 Å². The van der Waals surface area contributed by atoms with Crippen LogP contribution in [0.3, 0.4) is 0 Å². The molecule has 0 saturated carbocycles. The van der Waals surface area contributed by atoms with Crippen LogP contribution in [0, 0.1) is 5.92 Å². The summed E-state index contributed by atoms with van der Waals surface area (Å²) < 4.78 is 5.83. The molecule has 0 aromatic carbocycles. The minimum absolute atomic E-state index is 0.117. The maximum Gasteiger partial charge on any atom is 0.305 e. The Balaban J connectivity index is 1.79. The van der Waals surface area contributed by atoms with Crippen molar-refractivity contribution in [2.24, 2.45) is 5.92 Å². The van der Waals surface area contributed by atoms with E-state index in [0.29, 0.717) is 17.4 Å². The van der Waals surface area contributed by atoms with Crippen molar-refractivity contribution < 1.29 is 19.1 Å². The second-order valence-corrected chi connectivity index (χ2v) is 9.65. The average molecular weight is 397 g/mol. The number of aliphatic hydroxyl groups is 1. The smallest absolute Gasteiger partial charge is 0.305 e. The van der Waals surface area contributed by atoms with E-state index >= 15 is 0 Å². The molecule has 0 radical (unpaired) electrons. The van der Waals surface area contributed by atoms with E-state index in [1.54, 1.807) is 0 Å². The minimum Gasteiger partial charge on any atom is -0.463 e. The lowest BCUT2D eigenvalue weighted by atomic mass is 9.99. The number of carbonyl (C=O) groups is 1. The van der Waals surface area contributed by atoms with Gasteiger partial charge in [0, 0.05) is 6.42 Å². The molecule has 0 bridgehead atoms. The number of quaternary nitrogens is 1. The molecular formula is C24H46NO3+. The first-order valence-electron chi connectivity index (χ1n) is 11.7. The lowest BCUT2D eigenvalue weighted by Gasteiger charge is -2.26. The summed E-state index contributed by atoms with van der Waals surface area (Å²) in [4.78, 5) is 11.7. The number of allylic oxidation sites excluding steroid dienone is 2. The van der Waals surface area contributed by atoms with E-state index < -0.39 is 6.10 Å². The molecule has 0 aromatic heterocycles. The first kappa shape index (κ1) is 25.2. The fourth-order valence-electron chi connectivity index (χ4n) is 3.97. The van der Waals surface area contributed by atoms with Gasteiger partial charge in [-0.15, -0.1) is 0 Å². The van der Waals surface area contributed by atoms with E-state index in [1.807, 2.05) is 21.1 Å². The van der Waals surface area contributed by atoms with Crippen LogP contribution in [0.2, 0.25) is 0 Å². The maximum absolute atomic E-state index is 11.7. The third-order valence-corrected chi connectivity index (χ3v) is 5.51. The van der Waals surface area contributed by atoms with Gasteiger partial charge in [0.15, 0.2) is 0 Å². The van der Waals surface area contributed by atoms with E-state index in [1.165, 1.54) is 70.6 Å². The monoisotopic (exact) mass is 396 g/mol. The van der Waals surface area contributed by atoms with Crippen LogP contribution in [0.4, 0.5) is 0 Å². The molecule has 0 heterocycles. The molecule has 0 aromatic rings. The molecular weight excluding hydrogens is 350 g/mol. The lowest BCUT2D eigenvalue weighted by molar-refractivity contribution is -0.873. The van der Waals surface area contributed by atoms with Gasteiger partial charge in [0.05, 0.1) is 21.1 Å². The third kappa shape index (κ3) is 15.1. The zero-order valence-electron chi connectivity index (χ0n) is 18.8. The first-order chi connectivity index (χ1) is 13.4. The number of esters is 1. The predicted molar refractivity (Wildman–Crippen MR) is 117 cm³/mol. The van der Waals surface area contributed by atoms with Crippen LogP contribution in [0.1, 0.15) is 89.9 Å². The van der Waals surface area contributed by atoms with Crippen molar-refractivity contribution >= 4 is 5.97 Å². The summed E-state index contributed by atoms with van der Waals surface area (Å²) in [5.41, 5.74) is 0. The molecule has 1 rings (SSSR count). The Bertz CT molecular complexity index is 428. The molecule has 1 N–H and O–H groups in total. The highest BCUT2D eigenvalue weighted by Crippen LogP contribution is 2.23. The van der Waals surface area contributed by atoms with Crippen molar-refractivity contribution in [1.29, 1.82) is 0 Å². The Hall–Kier alpha value is -0.870. The highest BCUT2D eigenvalue weighted by molar-refractivity contribution is 5.69. The molecule has 2 atom stereocenters. The SMILES string of the molecule is C[N+](C)(C)CC(O)COC(=O)CCCCCCCCCCCCC1C=CCC1. The van der Waals surface area contributed by atoms with Crippen molar-refractivity contribution in [3.8, 4) is 0 Å². The number of unbranched alkanes of at least 4 members (excludes halogenated alkanes) is 9. The Kier molecular flexibility index (Phi) is 13.5. The zero-order chi connectivity index (χ0) is 20.7. The standard InChI is InChI=1S/C24H46NO3/c1-25(2,3)20-23(26)21-28-24(27)19-13-11-9-7-5-4-6-8-10-12-16-22-17-14-15-18-22/h14,17,22-23,26H,4-13,15-16,18-21H2,1-3H3/q+1. The molecule has 1 aliphatic carbocycles. The van der Waals surface area contributed by atoms with Crippen molar-refractivity contribution in [3.63, 3.8) is 0 Å². The van der Waals surface area contributed by atoms with Crippen LogP contribution in [-0.4, -0.2) is 56.0 Å². The quantitative estimate of drug-likeness (QED) is 0.158. The maximum atomic E-state index is 11.7. The van der Waals surface area contributed by atoms with Gasteiger partial charge >= 0.3 is 5.97 Å². The van der Waals surface area contributed by atoms with Crippen molar-refractivity contribution in [1.82, 2.24) is 0 Å². The molecule has 0 aliphatic heterocycles. The lowest BCUT2D eigenvalue weighted by Crippen LogP contribution is -2.43. The van der Waals surface area contributed by atoms with Gasteiger partial charge in [-0.05, 0) is 31.6 Å². The van der Waals surface area contributed by atoms with Gasteiger partial charge < -0.3 is 14.3 Å². The Morgan fingerprint density at radius 1 is 1.00 bits per heavy atom. The number of likely N-dealkylation sites (N-methyl/N-ethyl adjacent to an activating group) is 1. The fraction of sp³-hybridized carbons (Fsp3) is 0.875. The summed E-state index contributed by atoms with van der Waals surface area (Å²) in [5.74, 6) is 0.707. The second kappa shape index (κ2) is 15.0. The van der Waals surface area contributed by atoms with Crippen LogP contribution in [0.15, 0.2) is 12.2 Å². The molecule has 0 saturated heterocycles. The summed E-state index contributed by atoms with van der Waals surface area (Å²) in [7, 11) is 6.04. The number of rotatable bonds is 17. The molecule has 0 fully saturated rings. The summed E-state index contributed by atoms with van der Waals surface area (Å²) in [5, 5.41) is 9.85. The summed E-state index contributed by atoms with van der Waals surface area (Å²) in [6.07, 6.45) is 21.5. The Morgan fingerprint density at radius 2 is 1.57 bits per heavy atom. The molecule has 2 unspecified atom stereocenters. The van der Waals surface area contributed by atoms with Crippen molar-refractivity contribution in [3.05, 3.63) is 12.2 Å². The summed E-state index contributed by atoms with van der Waals surface area (Å²) in [6, 6.07) is 0.